The minimum atomic E-state index is -1.70. The predicted octanol–water partition coefficient (Wildman–Crippen LogP) is -2.58. The fraction of sp³-hybridized carbons (Fsp3) is 0.607. The average molecular weight is 626 g/mol. The molecule has 1 aliphatic heterocycles. The molecule has 2 rings (SSSR count). The molecule has 0 bridgehead atoms. The number of nitrogens with two attached hydrogens (primary N) is 2. The highest BCUT2D eigenvalue weighted by Gasteiger charge is 2.47. The molecule has 16 heteroatoms. The van der Waals surface area contributed by atoms with E-state index in [1.807, 2.05) is 0 Å². The number of aliphatic hydroxyl groups is 3. The van der Waals surface area contributed by atoms with E-state index in [0.29, 0.717) is 6.42 Å². The maximum Gasteiger partial charge on any atom is 0.326 e. The third kappa shape index (κ3) is 9.93. The molecule has 0 aliphatic carbocycles. The van der Waals surface area contributed by atoms with Gasteiger partial charge in [0.05, 0.1) is 18.8 Å². The first-order valence-electron chi connectivity index (χ1n) is 14.2. The Kier molecular flexibility index (Phi) is 14.1. The van der Waals surface area contributed by atoms with Gasteiger partial charge >= 0.3 is 5.97 Å². The van der Waals surface area contributed by atoms with Crippen LogP contribution in [0.1, 0.15) is 50.4 Å². The summed E-state index contributed by atoms with van der Waals surface area (Å²) in [7, 11) is 0. The van der Waals surface area contributed by atoms with E-state index in [1.165, 1.54) is 26.0 Å². The standard InChI is InChI=1S/C28H43N5O11/c1-4-17(29)26(39)31-18(24(30)37)10-11-20(35)33(15(3)27(40)41)12-14(2)43-23-21(28(42)44-19(13-34)22(23)36)32-25(38)16-8-6-5-7-9-16/h5-9,14-15,17-19,21-23,28,34,36,42H,4,10-13,29H2,1-3H3,(H2,30,37)(H,31,39)(H,32,38)(H,40,41)/t14?,15-,17?,18+,19+,21+,22+,23+,28-/m0/s1. The lowest BCUT2D eigenvalue weighted by Gasteiger charge is -2.44. The molecule has 10 N–H and O–H groups in total. The molecule has 246 valence electrons. The van der Waals surface area contributed by atoms with E-state index in [-0.39, 0.29) is 24.9 Å². The number of benzene rings is 1. The van der Waals surface area contributed by atoms with Gasteiger partial charge in [0.25, 0.3) is 5.91 Å². The fourth-order valence-corrected chi connectivity index (χ4v) is 4.58. The molecule has 9 atom stereocenters. The van der Waals surface area contributed by atoms with Gasteiger partial charge in [-0.1, -0.05) is 25.1 Å². The van der Waals surface area contributed by atoms with Crippen molar-refractivity contribution in [3.8, 4) is 0 Å². The van der Waals surface area contributed by atoms with Gasteiger partial charge in [-0.25, -0.2) is 4.79 Å². The first-order chi connectivity index (χ1) is 20.7. The Bertz CT molecular complexity index is 1140. The summed E-state index contributed by atoms with van der Waals surface area (Å²) < 4.78 is 11.2. The topological polar surface area (TPSA) is 264 Å². The third-order valence-electron chi connectivity index (χ3n) is 7.28. The van der Waals surface area contributed by atoms with Crippen molar-refractivity contribution in [1.29, 1.82) is 0 Å². The summed E-state index contributed by atoms with van der Waals surface area (Å²) in [6, 6.07) is 3.22. The first kappa shape index (κ1) is 36.5. The zero-order valence-electron chi connectivity index (χ0n) is 24.9. The third-order valence-corrected chi connectivity index (χ3v) is 7.28. The number of primary amides is 1. The second kappa shape index (κ2) is 17.0. The van der Waals surface area contributed by atoms with Gasteiger partial charge in [-0.05, 0) is 38.8 Å². The SMILES string of the molecule is CCC(N)C(=O)N[C@H](CCC(=O)N(CC(C)O[C@H]1[C@H](O)[C@@H](CO)O[C@H](O)[C@@H]1NC(=O)c1ccccc1)[C@@H](C)C(=O)O)C(N)=O. The van der Waals surface area contributed by atoms with E-state index in [1.54, 1.807) is 25.1 Å². The van der Waals surface area contributed by atoms with E-state index >= 15 is 0 Å². The maximum absolute atomic E-state index is 13.2. The van der Waals surface area contributed by atoms with Gasteiger partial charge in [-0.3, -0.25) is 19.2 Å². The van der Waals surface area contributed by atoms with Gasteiger partial charge in [0.2, 0.25) is 17.7 Å². The van der Waals surface area contributed by atoms with Crippen molar-refractivity contribution >= 4 is 29.6 Å². The summed E-state index contributed by atoms with van der Waals surface area (Å²) in [5.74, 6) is -4.19. The van der Waals surface area contributed by atoms with Crippen LogP contribution in [-0.2, 0) is 28.7 Å². The van der Waals surface area contributed by atoms with Crippen LogP contribution in [0.4, 0.5) is 0 Å². The van der Waals surface area contributed by atoms with Gasteiger partial charge < -0.3 is 56.9 Å². The largest absolute Gasteiger partial charge is 0.480 e. The minimum Gasteiger partial charge on any atom is -0.480 e. The summed E-state index contributed by atoms with van der Waals surface area (Å²) in [6.07, 6.45) is -7.16. The molecule has 2 unspecified atom stereocenters. The number of carbonyl (C=O) groups is 5. The zero-order chi connectivity index (χ0) is 33.1. The molecule has 1 heterocycles. The van der Waals surface area contributed by atoms with Gasteiger partial charge in [0.15, 0.2) is 6.29 Å². The van der Waals surface area contributed by atoms with Crippen LogP contribution in [0.2, 0.25) is 0 Å². The molecule has 4 amide bonds. The Morgan fingerprint density at radius 3 is 2.30 bits per heavy atom. The second-order valence-corrected chi connectivity index (χ2v) is 10.6. The predicted molar refractivity (Wildman–Crippen MR) is 153 cm³/mol. The molecular formula is C28H43N5O11. The zero-order valence-corrected chi connectivity index (χ0v) is 24.9. The summed E-state index contributed by atoms with van der Waals surface area (Å²) in [5.41, 5.74) is 11.3. The number of nitrogens with zero attached hydrogens (tertiary/aromatic N) is 1. The van der Waals surface area contributed by atoms with Gasteiger partial charge in [-0.2, -0.15) is 0 Å². The Morgan fingerprint density at radius 2 is 1.75 bits per heavy atom. The highest BCUT2D eigenvalue weighted by atomic mass is 16.6. The normalized spacial score (nSPS) is 24.3. The van der Waals surface area contributed by atoms with Gasteiger partial charge in [0.1, 0.15) is 36.4 Å². The van der Waals surface area contributed by atoms with Crippen LogP contribution < -0.4 is 22.1 Å². The molecule has 1 fully saturated rings. The maximum atomic E-state index is 13.2. The van der Waals surface area contributed by atoms with E-state index in [4.69, 9.17) is 20.9 Å². The van der Waals surface area contributed by atoms with Crippen molar-refractivity contribution in [3.63, 3.8) is 0 Å². The molecule has 0 aromatic heterocycles. The van der Waals surface area contributed by atoms with Crippen molar-refractivity contribution < 1.29 is 53.9 Å². The number of amides is 4. The van der Waals surface area contributed by atoms with Gasteiger partial charge in [-0.15, -0.1) is 0 Å². The van der Waals surface area contributed by atoms with E-state index < -0.39 is 91.1 Å². The lowest BCUT2D eigenvalue weighted by Crippen LogP contribution is -2.65. The van der Waals surface area contributed by atoms with Crippen molar-refractivity contribution in [2.45, 2.75) is 94.9 Å². The summed E-state index contributed by atoms with van der Waals surface area (Å²) in [4.78, 5) is 62.9. The number of aliphatic hydroxyl groups excluding tert-OH is 3. The number of carboxylic acid groups (broad SMARTS) is 1. The lowest BCUT2D eigenvalue weighted by molar-refractivity contribution is -0.267. The molecule has 16 nitrogen and oxygen atoms in total. The van der Waals surface area contributed by atoms with Crippen molar-refractivity contribution in [2.75, 3.05) is 13.2 Å². The molecule has 0 radical (unpaired) electrons. The van der Waals surface area contributed by atoms with E-state index in [2.05, 4.69) is 10.6 Å². The number of aliphatic carboxylic acids is 1. The molecule has 1 saturated heterocycles. The number of carbonyl (C=O) groups excluding carboxylic acids is 4. The Morgan fingerprint density at radius 1 is 1.11 bits per heavy atom. The quantitative estimate of drug-likeness (QED) is 0.0941. The van der Waals surface area contributed by atoms with Crippen LogP contribution in [0, 0.1) is 0 Å². The van der Waals surface area contributed by atoms with Crippen LogP contribution in [0.3, 0.4) is 0 Å². The Labute approximate surface area is 254 Å². The first-order valence-corrected chi connectivity index (χ1v) is 14.2. The number of nitrogens with one attached hydrogen (secondary N) is 2. The van der Waals surface area contributed by atoms with Crippen LogP contribution >= 0.6 is 0 Å². The van der Waals surface area contributed by atoms with Crippen LogP contribution in [0.25, 0.3) is 0 Å². The lowest BCUT2D eigenvalue weighted by atomic mass is 9.96. The van der Waals surface area contributed by atoms with E-state index in [0.717, 1.165) is 4.90 Å². The van der Waals surface area contributed by atoms with E-state index in [9.17, 15) is 44.4 Å². The number of hydrogen-bond donors (Lipinski definition) is 8. The second-order valence-electron chi connectivity index (χ2n) is 10.6. The molecule has 1 aliphatic rings. The molecule has 0 spiro atoms. The highest BCUT2D eigenvalue weighted by Crippen LogP contribution is 2.25. The van der Waals surface area contributed by atoms with Crippen molar-refractivity contribution in [3.05, 3.63) is 35.9 Å². The average Bonchev–Trinajstić information content (AvgIpc) is 3.00. The highest BCUT2D eigenvalue weighted by molar-refractivity contribution is 5.94. The van der Waals surface area contributed by atoms with Crippen molar-refractivity contribution in [2.24, 2.45) is 11.5 Å². The van der Waals surface area contributed by atoms with Crippen LogP contribution in [0.5, 0.6) is 0 Å². The Hall–Kier alpha value is -3.67. The number of rotatable bonds is 16. The van der Waals surface area contributed by atoms with Crippen molar-refractivity contribution in [1.82, 2.24) is 15.5 Å². The summed E-state index contributed by atoms with van der Waals surface area (Å²) >= 11 is 0. The molecular weight excluding hydrogens is 582 g/mol. The number of hydrogen-bond acceptors (Lipinski definition) is 11. The van der Waals surface area contributed by atoms with Gasteiger partial charge in [0, 0.05) is 18.5 Å². The van der Waals surface area contributed by atoms with Crippen LogP contribution in [-0.4, -0.2) is 123 Å². The number of ether oxygens (including phenoxy) is 2. The van der Waals surface area contributed by atoms with Crippen LogP contribution in [0.15, 0.2) is 30.3 Å². The monoisotopic (exact) mass is 625 g/mol. The Balaban J connectivity index is 2.21. The smallest absolute Gasteiger partial charge is 0.326 e. The summed E-state index contributed by atoms with van der Waals surface area (Å²) in [5, 5.41) is 45.8. The molecule has 0 saturated carbocycles. The molecule has 1 aromatic carbocycles. The fourth-order valence-electron chi connectivity index (χ4n) is 4.58. The summed E-state index contributed by atoms with van der Waals surface area (Å²) in [6.45, 7) is 3.40. The number of carboxylic acids is 1. The molecule has 1 aromatic rings. The molecule has 44 heavy (non-hydrogen) atoms. The minimum absolute atomic E-state index is 0.231.